The van der Waals surface area contributed by atoms with Crippen LogP contribution in [0.2, 0.25) is 0 Å². The van der Waals surface area contributed by atoms with Crippen molar-refractivity contribution < 1.29 is 14.2 Å². The number of fused-ring (bicyclic) bond motifs is 1. The molecular formula is C25H31N3O3. The monoisotopic (exact) mass is 421 g/mol. The maximum Gasteiger partial charge on any atom is 0.130 e. The Morgan fingerprint density at radius 2 is 1.71 bits per heavy atom. The maximum absolute atomic E-state index is 6.27. The molecule has 1 N–H and O–H groups in total. The number of hydrogen-bond acceptors (Lipinski definition) is 6. The van der Waals surface area contributed by atoms with Crippen LogP contribution in [0.3, 0.4) is 0 Å². The first kappa shape index (κ1) is 21.4. The number of benzene rings is 2. The highest BCUT2D eigenvalue weighted by Gasteiger charge is 2.13. The van der Waals surface area contributed by atoms with Crippen molar-refractivity contribution in [2.75, 3.05) is 53.0 Å². The van der Waals surface area contributed by atoms with E-state index in [0.29, 0.717) is 6.61 Å². The molecular weight excluding hydrogens is 390 g/mol. The minimum Gasteiger partial charge on any atom is -0.497 e. The molecule has 3 aromatic rings. The number of pyridine rings is 1. The summed E-state index contributed by atoms with van der Waals surface area (Å²) in [5.41, 5.74) is 2.76. The zero-order valence-electron chi connectivity index (χ0n) is 18.4. The van der Waals surface area contributed by atoms with Crippen LogP contribution in [0.4, 0.5) is 0 Å². The van der Waals surface area contributed by atoms with Crippen LogP contribution in [-0.2, 0) is 0 Å². The predicted molar refractivity (Wildman–Crippen MR) is 124 cm³/mol. The lowest BCUT2D eigenvalue weighted by atomic mass is 10.1. The first-order valence-electron chi connectivity index (χ1n) is 11.0. The Morgan fingerprint density at radius 1 is 0.935 bits per heavy atom. The molecule has 1 aliphatic rings. The van der Waals surface area contributed by atoms with E-state index in [9.17, 15) is 0 Å². The second kappa shape index (κ2) is 10.5. The predicted octanol–water partition coefficient (Wildman–Crippen LogP) is 3.98. The van der Waals surface area contributed by atoms with Gasteiger partial charge in [0.15, 0.2) is 0 Å². The Bertz CT molecular complexity index is 985. The number of ether oxygens (including phenoxy) is 3. The molecule has 2 heterocycles. The van der Waals surface area contributed by atoms with Crippen LogP contribution >= 0.6 is 0 Å². The normalized spacial score (nSPS) is 14.5. The molecule has 4 rings (SSSR count). The number of nitrogens with one attached hydrogen (secondary N) is 1. The van der Waals surface area contributed by atoms with E-state index in [2.05, 4.69) is 17.1 Å². The van der Waals surface area contributed by atoms with Crippen LogP contribution in [0.25, 0.3) is 22.2 Å². The first-order chi connectivity index (χ1) is 15.3. The lowest BCUT2D eigenvalue weighted by Crippen LogP contribution is -2.44. The quantitative estimate of drug-likeness (QED) is 0.564. The molecule has 0 saturated carbocycles. The molecule has 0 unspecified atom stereocenters. The van der Waals surface area contributed by atoms with Gasteiger partial charge in [-0.25, -0.2) is 4.98 Å². The van der Waals surface area contributed by atoms with Crippen LogP contribution < -0.4 is 19.5 Å². The van der Waals surface area contributed by atoms with Gasteiger partial charge in [-0.15, -0.1) is 0 Å². The van der Waals surface area contributed by atoms with E-state index in [1.807, 2.05) is 48.5 Å². The van der Waals surface area contributed by atoms with Gasteiger partial charge in [0.2, 0.25) is 0 Å². The molecule has 6 nitrogen and oxygen atoms in total. The lowest BCUT2D eigenvalue weighted by Gasteiger charge is -2.27. The van der Waals surface area contributed by atoms with Crippen molar-refractivity contribution in [3.05, 3.63) is 48.5 Å². The van der Waals surface area contributed by atoms with Gasteiger partial charge in [-0.05, 0) is 42.8 Å². The van der Waals surface area contributed by atoms with E-state index in [1.165, 1.54) is 0 Å². The molecule has 0 amide bonds. The largest absolute Gasteiger partial charge is 0.497 e. The third-order valence-electron chi connectivity index (χ3n) is 5.48. The average Bonchev–Trinajstić information content (AvgIpc) is 2.83. The summed E-state index contributed by atoms with van der Waals surface area (Å²) < 4.78 is 17.4. The summed E-state index contributed by atoms with van der Waals surface area (Å²) in [5, 5.41) is 4.38. The van der Waals surface area contributed by atoms with Gasteiger partial charge in [-0.2, -0.15) is 0 Å². The summed E-state index contributed by atoms with van der Waals surface area (Å²) >= 11 is 0. The van der Waals surface area contributed by atoms with Gasteiger partial charge in [0.25, 0.3) is 0 Å². The van der Waals surface area contributed by atoms with Gasteiger partial charge in [0.1, 0.15) is 23.9 Å². The van der Waals surface area contributed by atoms with Gasteiger partial charge in [-0.3, -0.25) is 4.90 Å². The Labute approximate surface area is 184 Å². The third-order valence-corrected chi connectivity index (χ3v) is 5.48. The highest BCUT2D eigenvalue weighted by Crippen LogP contribution is 2.32. The number of nitrogens with zero attached hydrogens (tertiary/aromatic N) is 2. The molecule has 0 atom stereocenters. The van der Waals surface area contributed by atoms with Crippen molar-refractivity contribution in [1.29, 1.82) is 0 Å². The fourth-order valence-corrected chi connectivity index (χ4v) is 3.73. The molecule has 0 spiro atoms. The Balaban J connectivity index is 1.59. The number of rotatable bonds is 9. The summed E-state index contributed by atoms with van der Waals surface area (Å²) in [6.07, 6.45) is 0.991. The third kappa shape index (κ3) is 5.46. The molecule has 0 radical (unpaired) electrons. The van der Waals surface area contributed by atoms with Gasteiger partial charge in [0, 0.05) is 55.8 Å². The fourth-order valence-electron chi connectivity index (χ4n) is 3.73. The molecule has 0 aliphatic carbocycles. The van der Waals surface area contributed by atoms with Gasteiger partial charge < -0.3 is 19.5 Å². The van der Waals surface area contributed by atoms with Crippen LogP contribution in [0.5, 0.6) is 17.2 Å². The highest BCUT2D eigenvalue weighted by molar-refractivity contribution is 5.89. The second-order valence-electron chi connectivity index (χ2n) is 7.70. The molecule has 1 saturated heterocycles. The fraction of sp³-hybridized carbons (Fsp3) is 0.400. The van der Waals surface area contributed by atoms with E-state index in [1.54, 1.807) is 7.11 Å². The standard InChI is InChI=1S/C25H31N3O3/c1-3-15-30-20-6-4-19(5-7-20)23-18-25(31-16-14-28-12-10-26-11-13-28)22-9-8-21(29-2)17-24(22)27-23/h4-9,17-18,26H,3,10-16H2,1-2H3. The molecule has 0 bridgehead atoms. The van der Waals surface area contributed by atoms with E-state index in [4.69, 9.17) is 19.2 Å². The molecule has 31 heavy (non-hydrogen) atoms. The van der Waals surface area contributed by atoms with Gasteiger partial charge >= 0.3 is 0 Å². The Hall–Kier alpha value is -2.83. The summed E-state index contributed by atoms with van der Waals surface area (Å²) in [5.74, 6) is 2.51. The van der Waals surface area contributed by atoms with Crippen molar-refractivity contribution in [3.63, 3.8) is 0 Å². The summed E-state index contributed by atoms with van der Waals surface area (Å²) in [4.78, 5) is 7.31. The van der Waals surface area contributed by atoms with Crippen molar-refractivity contribution in [2.24, 2.45) is 0 Å². The minimum atomic E-state index is 0.647. The van der Waals surface area contributed by atoms with Gasteiger partial charge in [-0.1, -0.05) is 6.92 Å². The van der Waals surface area contributed by atoms with Crippen molar-refractivity contribution in [3.8, 4) is 28.5 Å². The van der Waals surface area contributed by atoms with E-state index in [0.717, 1.165) is 85.2 Å². The van der Waals surface area contributed by atoms with E-state index >= 15 is 0 Å². The van der Waals surface area contributed by atoms with Crippen LogP contribution in [0, 0.1) is 0 Å². The molecule has 164 valence electrons. The Kier molecular flexibility index (Phi) is 7.22. The Morgan fingerprint density at radius 3 is 2.45 bits per heavy atom. The summed E-state index contributed by atoms with van der Waals surface area (Å²) in [6, 6.07) is 16.0. The molecule has 1 aliphatic heterocycles. The SMILES string of the molecule is CCCOc1ccc(-c2cc(OCCN3CCNCC3)c3ccc(OC)cc3n2)cc1. The van der Waals surface area contributed by atoms with Crippen LogP contribution in [0.1, 0.15) is 13.3 Å². The minimum absolute atomic E-state index is 0.647. The number of hydrogen-bond donors (Lipinski definition) is 1. The smallest absolute Gasteiger partial charge is 0.130 e. The summed E-state index contributed by atoms with van der Waals surface area (Å²) in [6.45, 7) is 8.60. The van der Waals surface area contributed by atoms with E-state index in [-0.39, 0.29) is 0 Å². The zero-order valence-corrected chi connectivity index (χ0v) is 18.4. The van der Waals surface area contributed by atoms with Gasteiger partial charge in [0.05, 0.1) is 24.9 Å². The van der Waals surface area contributed by atoms with Crippen molar-refractivity contribution in [2.45, 2.75) is 13.3 Å². The van der Waals surface area contributed by atoms with Crippen LogP contribution in [0.15, 0.2) is 48.5 Å². The van der Waals surface area contributed by atoms with Crippen molar-refractivity contribution >= 4 is 10.9 Å². The highest BCUT2D eigenvalue weighted by atomic mass is 16.5. The number of methoxy groups -OCH3 is 1. The average molecular weight is 422 g/mol. The molecule has 6 heteroatoms. The molecule has 2 aromatic carbocycles. The summed E-state index contributed by atoms with van der Waals surface area (Å²) in [7, 11) is 1.67. The second-order valence-corrected chi connectivity index (χ2v) is 7.70. The van der Waals surface area contributed by atoms with Crippen LogP contribution in [-0.4, -0.2) is 62.9 Å². The van der Waals surface area contributed by atoms with Crippen molar-refractivity contribution in [1.82, 2.24) is 15.2 Å². The number of aromatic nitrogens is 1. The van der Waals surface area contributed by atoms with E-state index < -0.39 is 0 Å². The number of piperazine rings is 1. The lowest BCUT2D eigenvalue weighted by molar-refractivity contribution is 0.192. The zero-order chi connectivity index (χ0) is 21.5. The first-order valence-corrected chi connectivity index (χ1v) is 11.0. The maximum atomic E-state index is 6.27. The molecule has 1 fully saturated rings. The molecule has 1 aromatic heterocycles. The topological polar surface area (TPSA) is 55.9 Å².